The van der Waals surface area contributed by atoms with E-state index in [0.717, 1.165) is 36.2 Å². The molecule has 0 amide bonds. The van der Waals surface area contributed by atoms with Gasteiger partial charge in [0.05, 0.1) is 0 Å². The molecule has 0 aliphatic carbocycles. The molecule has 2 nitrogen and oxygen atoms in total. The summed E-state index contributed by atoms with van der Waals surface area (Å²) in [4.78, 5) is 2.14. The SMILES string of the molecule is Cl.FC(F)(F)CC[C@@H](c1cccc(Br)c1)N1CCNCC1. The number of piperazine rings is 1. The van der Waals surface area contributed by atoms with Crippen LogP contribution < -0.4 is 5.32 Å². The van der Waals surface area contributed by atoms with Crippen LogP contribution in [0.25, 0.3) is 0 Å². The first-order chi connectivity index (χ1) is 9.46. The molecule has 1 aliphatic rings. The van der Waals surface area contributed by atoms with Gasteiger partial charge in [-0.1, -0.05) is 28.1 Å². The normalized spacial score (nSPS) is 18.1. The minimum Gasteiger partial charge on any atom is -0.314 e. The molecular weight excluding hydrogens is 369 g/mol. The fraction of sp³-hybridized carbons (Fsp3) is 0.571. The number of hydrogen-bond acceptors (Lipinski definition) is 2. The molecule has 0 bridgehead atoms. The quantitative estimate of drug-likeness (QED) is 0.834. The summed E-state index contributed by atoms with van der Waals surface area (Å²) in [5.74, 6) is 0. The molecule has 0 radical (unpaired) electrons. The fourth-order valence-corrected chi connectivity index (χ4v) is 2.99. The van der Waals surface area contributed by atoms with Gasteiger partial charge in [0.15, 0.2) is 0 Å². The van der Waals surface area contributed by atoms with E-state index in [1.54, 1.807) is 0 Å². The summed E-state index contributed by atoms with van der Waals surface area (Å²) < 4.78 is 38.5. The molecule has 0 unspecified atom stereocenters. The predicted molar refractivity (Wildman–Crippen MR) is 83.9 cm³/mol. The Morgan fingerprint density at radius 2 is 1.90 bits per heavy atom. The molecule has 1 heterocycles. The molecule has 1 fully saturated rings. The topological polar surface area (TPSA) is 15.3 Å². The van der Waals surface area contributed by atoms with E-state index in [2.05, 4.69) is 26.1 Å². The number of nitrogens with zero attached hydrogens (tertiary/aromatic N) is 1. The van der Waals surface area contributed by atoms with Crippen LogP contribution in [0.1, 0.15) is 24.4 Å². The first-order valence-electron chi connectivity index (χ1n) is 6.73. The first kappa shape index (κ1) is 18.7. The molecule has 1 aromatic carbocycles. The van der Waals surface area contributed by atoms with Gasteiger partial charge >= 0.3 is 6.18 Å². The Bertz CT molecular complexity index is 436. The van der Waals surface area contributed by atoms with Gasteiger partial charge in [-0.25, -0.2) is 0 Å². The number of alkyl halides is 3. The van der Waals surface area contributed by atoms with Crippen LogP contribution in [0, 0.1) is 0 Å². The van der Waals surface area contributed by atoms with Crippen molar-refractivity contribution in [3.05, 3.63) is 34.3 Å². The standard InChI is InChI=1S/C14H18BrF3N2.ClH/c15-12-3-1-2-11(10-12)13(4-5-14(16,17)18)20-8-6-19-7-9-20;/h1-3,10,13,19H,4-9H2;1H/t13-;/m0./s1. The van der Waals surface area contributed by atoms with Crippen molar-refractivity contribution in [2.24, 2.45) is 0 Å². The third-order valence-corrected chi connectivity index (χ3v) is 4.02. The van der Waals surface area contributed by atoms with Crippen LogP contribution in [0.2, 0.25) is 0 Å². The van der Waals surface area contributed by atoms with Crippen LogP contribution in [-0.4, -0.2) is 37.3 Å². The lowest BCUT2D eigenvalue weighted by Crippen LogP contribution is -2.45. The highest BCUT2D eigenvalue weighted by atomic mass is 79.9. The van der Waals surface area contributed by atoms with Crippen LogP contribution in [0.3, 0.4) is 0 Å². The number of halogens is 5. The second kappa shape index (κ2) is 8.36. The van der Waals surface area contributed by atoms with Gasteiger partial charge in [0.1, 0.15) is 0 Å². The van der Waals surface area contributed by atoms with Crippen molar-refractivity contribution in [3.8, 4) is 0 Å². The van der Waals surface area contributed by atoms with Crippen LogP contribution in [0.4, 0.5) is 13.2 Å². The van der Waals surface area contributed by atoms with Gasteiger partial charge in [0.2, 0.25) is 0 Å². The average molecular weight is 388 g/mol. The molecule has 1 aliphatic heterocycles. The fourth-order valence-electron chi connectivity index (χ4n) is 2.57. The summed E-state index contributed by atoms with van der Waals surface area (Å²) in [6, 6.07) is 7.43. The molecule has 0 spiro atoms. The molecule has 1 saturated heterocycles. The molecule has 2 rings (SSSR count). The molecule has 0 aromatic heterocycles. The third-order valence-electron chi connectivity index (χ3n) is 3.53. The van der Waals surface area contributed by atoms with E-state index in [1.165, 1.54) is 0 Å². The monoisotopic (exact) mass is 386 g/mol. The highest BCUT2D eigenvalue weighted by Crippen LogP contribution is 2.32. The van der Waals surface area contributed by atoms with Crippen LogP contribution in [0.15, 0.2) is 28.7 Å². The summed E-state index contributed by atoms with van der Waals surface area (Å²) >= 11 is 3.39. The number of benzene rings is 1. The zero-order valence-electron chi connectivity index (χ0n) is 11.5. The van der Waals surface area contributed by atoms with E-state index in [9.17, 15) is 13.2 Å². The van der Waals surface area contributed by atoms with Crippen LogP contribution in [0.5, 0.6) is 0 Å². The molecular formula is C14H19BrClF3N2. The van der Waals surface area contributed by atoms with Crippen molar-refractivity contribution < 1.29 is 13.2 Å². The molecule has 0 saturated carbocycles. The van der Waals surface area contributed by atoms with Crippen LogP contribution in [-0.2, 0) is 0 Å². The largest absolute Gasteiger partial charge is 0.389 e. The van der Waals surface area contributed by atoms with Crippen LogP contribution >= 0.6 is 28.3 Å². The van der Waals surface area contributed by atoms with Crippen molar-refractivity contribution in [3.63, 3.8) is 0 Å². The first-order valence-corrected chi connectivity index (χ1v) is 7.52. The maximum atomic E-state index is 12.5. The van der Waals surface area contributed by atoms with E-state index >= 15 is 0 Å². The Morgan fingerprint density at radius 1 is 1.24 bits per heavy atom. The summed E-state index contributed by atoms with van der Waals surface area (Å²) in [5.41, 5.74) is 0.950. The number of nitrogens with one attached hydrogen (secondary N) is 1. The maximum Gasteiger partial charge on any atom is 0.389 e. The Morgan fingerprint density at radius 3 is 2.48 bits per heavy atom. The van der Waals surface area contributed by atoms with E-state index in [1.807, 2.05) is 24.3 Å². The summed E-state index contributed by atoms with van der Waals surface area (Å²) in [6.07, 6.45) is -4.73. The van der Waals surface area contributed by atoms with Gasteiger partial charge in [0.25, 0.3) is 0 Å². The second-order valence-electron chi connectivity index (χ2n) is 5.01. The van der Waals surface area contributed by atoms with Gasteiger partial charge < -0.3 is 5.32 Å². The minimum atomic E-state index is -4.10. The van der Waals surface area contributed by atoms with E-state index in [0.29, 0.717) is 0 Å². The smallest absolute Gasteiger partial charge is 0.314 e. The zero-order valence-corrected chi connectivity index (χ0v) is 13.9. The van der Waals surface area contributed by atoms with E-state index in [-0.39, 0.29) is 24.9 Å². The van der Waals surface area contributed by atoms with E-state index in [4.69, 9.17) is 0 Å². The Balaban J connectivity index is 0.00000220. The second-order valence-corrected chi connectivity index (χ2v) is 5.93. The highest BCUT2D eigenvalue weighted by molar-refractivity contribution is 9.10. The summed E-state index contributed by atoms with van der Waals surface area (Å²) in [6.45, 7) is 3.23. The highest BCUT2D eigenvalue weighted by Gasteiger charge is 2.31. The summed E-state index contributed by atoms with van der Waals surface area (Å²) in [7, 11) is 0. The lowest BCUT2D eigenvalue weighted by Gasteiger charge is -2.35. The Kier molecular flexibility index (Phi) is 7.47. The maximum absolute atomic E-state index is 12.5. The van der Waals surface area contributed by atoms with E-state index < -0.39 is 12.6 Å². The van der Waals surface area contributed by atoms with Crippen molar-refractivity contribution >= 4 is 28.3 Å². The zero-order chi connectivity index (χ0) is 14.6. The molecule has 1 N–H and O–H groups in total. The molecule has 1 aromatic rings. The van der Waals surface area contributed by atoms with Crippen molar-refractivity contribution in [1.82, 2.24) is 10.2 Å². The van der Waals surface area contributed by atoms with Gasteiger partial charge in [0, 0.05) is 43.1 Å². The van der Waals surface area contributed by atoms with Gasteiger partial charge in [-0.3, -0.25) is 4.90 Å². The average Bonchev–Trinajstić information content (AvgIpc) is 2.39. The van der Waals surface area contributed by atoms with Crippen molar-refractivity contribution in [2.45, 2.75) is 25.1 Å². The van der Waals surface area contributed by atoms with Crippen molar-refractivity contribution in [1.29, 1.82) is 0 Å². The lowest BCUT2D eigenvalue weighted by atomic mass is 9.99. The van der Waals surface area contributed by atoms with Gasteiger partial charge in [-0.15, -0.1) is 12.4 Å². The Hall–Kier alpha value is -0.300. The third kappa shape index (κ3) is 6.14. The van der Waals surface area contributed by atoms with Crippen molar-refractivity contribution in [2.75, 3.05) is 26.2 Å². The van der Waals surface area contributed by atoms with Gasteiger partial charge in [-0.2, -0.15) is 13.2 Å². The minimum absolute atomic E-state index is 0. The molecule has 21 heavy (non-hydrogen) atoms. The predicted octanol–water partition coefficient (Wildman–Crippen LogP) is 4.16. The molecule has 7 heteroatoms. The number of hydrogen-bond donors (Lipinski definition) is 1. The van der Waals surface area contributed by atoms with Gasteiger partial charge in [-0.05, 0) is 24.1 Å². The Labute approximate surface area is 137 Å². The molecule has 120 valence electrons. The lowest BCUT2D eigenvalue weighted by molar-refractivity contribution is -0.138. The summed E-state index contributed by atoms with van der Waals surface area (Å²) in [5, 5.41) is 3.23. The number of rotatable bonds is 4. The molecule has 1 atom stereocenters.